The summed E-state index contributed by atoms with van der Waals surface area (Å²) < 4.78 is 0. The summed E-state index contributed by atoms with van der Waals surface area (Å²) in [5.74, 6) is 1.00. The number of nitrogens with one attached hydrogen (secondary N) is 1. The van der Waals surface area contributed by atoms with E-state index in [9.17, 15) is 4.79 Å². The molecule has 1 fully saturated rings. The van der Waals surface area contributed by atoms with E-state index in [1.165, 1.54) is 0 Å². The maximum atomic E-state index is 12.3. The van der Waals surface area contributed by atoms with Gasteiger partial charge in [-0.1, -0.05) is 0 Å². The number of aryl methyl sites for hydroxylation is 1. The molecule has 6 nitrogen and oxygen atoms in total. The molecule has 3 rings (SSSR count). The molecule has 0 unspecified atom stereocenters. The van der Waals surface area contributed by atoms with Gasteiger partial charge in [0.1, 0.15) is 0 Å². The van der Waals surface area contributed by atoms with Crippen molar-refractivity contribution >= 4 is 11.7 Å². The van der Waals surface area contributed by atoms with Crippen molar-refractivity contribution in [2.45, 2.75) is 19.8 Å². The minimum atomic E-state index is -0.0917. The standard InChI is InChI=1S/C18H22N4O2/c1-13-6-9-19-17(20-13)15-2-4-16(5-3-15)21-18(24)22-10-7-14(12-23)8-11-22/h2-6,9,14,23H,7-8,10-12H2,1H3,(H,21,24). The van der Waals surface area contributed by atoms with E-state index in [1.807, 2.05) is 37.3 Å². The summed E-state index contributed by atoms with van der Waals surface area (Å²) in [6.07, 6.45) is 3.45. The zero-order valence-electron chi connectivity index (χ0n) is 13.8. The third-order valence-electron chi connectivity index (χ3n) is 4.35. The Bertz CT molecular complexity index is 694. The van der Waals surface area contributed by atoms with Gasteiger partial charge in [0, 0.05) is 42.8 Å². The van der Waals surface area contributed by atoms with E-state index in [2.05, 4.69) is 15.3 Å². The number of nitrogens with zero attached hydrogens (tertiary/aromatic N) is 3. The zero-order chi connectivity index (χ0) is 16.9. The van der Waals surface area contributed by atoms with Crippen molar-refractivity contribution in [1.82, 2.24) is 14.9 Å². The topological polar surface area (TPSA) is 78.4 Å². The fourth-order valence-electron chi connectivity index (χ4n) is 2.81. The van der Waals surface area contributed by atoms with Gasteiger partial charge in [0.15, 0.2) is 5.82 Å². The Morgan fingerprint density at radius 2 is 1.96 bits per heavy atom. The molecular weight excluding hydrogens is 304 g/mol. The van der Waals surface area contributed by atoms with E-state index >= 15 is 0 Å². The lowest BCUT2D eigenvalue weighted by Gasteiger charge is -2.31. The van der Waals surface area contributed by atoms with Crippen LogP contribution in [0.15, 0.2) is 36.5 Å². The van der Waals surface area contributed by atoms with Crippen LogP contribution in [-0.2, 0) is 0 Å². The molecule has 0 saturated carbocycles. The van der Waals surface area contributed by atoms with Gasteiger partial charge < -0.3 is 15.3 Å². The second kappa shape index (κ2) is 7.40. The average molecular weight is 326 g/mol. The molecule has 1 aromatic carbocycles. The summed E-state index contributed by atoms with van der Waals surface area (Å²) in [6.45, 7) is 3.51. The van der Waals surface area contributed by atoms with E-state index < -0.39 is 0 Å². The molecule has 2 aromatic rings. The number of aliphatic hydroxyl groups is 1. The minimum Gasteiger partial charge on any atom is -0.396 e. The largest absolute Gasteiger partial charge is 0.396 e. The van der Waals surface area contributed by atoms with Crippen molar-refractivity contribution in [3.05, 3.63) is 42.2 Å². The molecule has 1 aliphatic heterocycles. The van der Waals surface area contributed by atoms with Gasteiger partial charge in [-0.2, -0.15) is 0 Å². The van der Waals surface area contributed by atoms with Gasteiger partial charge in [-0.15, -0.1) is 0 Å². The van der Waals surface area contributed by atoms with Gasteiger partial charge in [-0.25, -0.2) is 14.8 Å². The molecule has 1 saturated heterocycles. The number of carbonyl (C=O) groups is 1. The summed E-state index contributed by atoms with van der Waals surface area (Å²) in [5.41, 5.74) is 2.59. The number of likely N-dealkylation sites (tertiary alicyclic amines) is 1. The van der Waals surface area contributed by atoms with Gasteiger partial charge in [0.25, 0.3) is 0 Å². The molecular formula is C18H22N4O2. The molecule has 1 aromatic heterocycles. The summed E-state index contributed by atoms with van der Waals surface area (Å²) in [6, 6.07) is 9.30. The Morgan fingerprint density at radius 1 is 1.25 bits per heavy atom. The molecule has 2 heterocycles. The Kier molecular flexibility index (Phi) is 5.05. The number of benzene rings is 1. The maximum absolute atomic E-state index is 12.3. The number of rotatable bonds is 3. The maximum Gasteiger partial charge on any atom is 0.321 e. The van der Waals surface area contributed by atoms with Crippen molar-refractivity contribution in [1.29, 1.82) is 0 Å². The second-order valence-electron chi connectivity index (χ2n) is 6.14. The van der Waals surface area contributed by atoms with Crippen LogP contribution in [0.3, 0.4) is 0 Å². The highest BCUT2D eigenvalue weighted by molar-refractivity contribution is 5.89. The van der Waals surface area contributed by atoms with Crippen LogP contribution in [0.1, 0.15) is 18.5 Å². The fraction of sp³-hybridized carbons (Fsp3) is 0.389. The van der Waals surface area contributed by atoms with Crippen LogP contribution in [-0.4, -0.2) is 45.7 Å². The van der Waals surface area contributed by atoms with Gasteiger partial charge >= 0.3 is 6.03 Å². The summed E-state index contributed by atoms with van der Waals surface area (Å²) in [4.78, 5) is 22.7. The average Bonchev–Trinajstić information content (AvgIpc) is 2.62. The van der Waals surface area contributed by atoms with E-state index in [-0.39, 0.29) is 12.6 Å². The smallest absolute Gasteiger partial charge is 0.321 e. The summed E-state index contributed by atoms with van der Waals surface area (Å²) in [7, 11) is 0. The van der Waals surface area contributed by atoms with Gasteiger partial charge in [0.05, 0.1) is 0 Å². The number of urea groups is 1. The van der Waals surface area contributed by atoms with Crippen molar-refractivity contribution < 1.29 is 9.90 Å². The third-order valence-corrected chi connectivity index (χ3v) is 4.35. The number of amides is 2. The normalized spacial score (nSPS) is 15.3. The van der Waals surface area contributed by atoms with Crippen LogP contribution in [0, 0.1) is 12.8 Å². The van der Waals surface area contributed by atoms with E-state index in [0.717, 1.165) is 29.8 Å². The molecule has 0 aliphatic carbocycles. The summed E-state index contributed by atoms with van der Waals surface area (Å²) in [5, 5.41) is 12.1. The number of hydrogen-bond donors (Lipinski definition) is 2. The number of piperidine rings is 1. The van der Waals surface area contributed by atoms with Crippen LogP contribution in [0.5, 0.6) is 0 Å². The van der Waals surface area contributed by atoms with Gasteiger partial charge in [-0.05, 0) is 56.0 Å². The molecule has 126 valence electrons. The first-order valence-electron chi connectivity index (χ1n) is 8.22. The number of hydrogen-bond acceptors (Lipinski definition) is 4. The predicted molar refractivity (Wildman–Crippen MR) is 92.6 cm³/mol. The first-order valence-corrected chi connectivity index (χ1v) is 8.22. The fourth-order valence-corrected chi connectivity index (χ4v) is 2.81. The molecule has 24 heavy (non-hydrogen) atoms. The molecule has 1 aliphatic rings. The van der Waals surface area contributed by atoms with E-state index in [1.54, 1.807) is 11.1 Å². The Hall–Kier alpha value is -2.47. The predicted octanol–water partition coefficient (Wildman–Crippen LogP) is 2.69. The van der Waals surface area contributed by atoms with Crippen molar-refractivity contribution in [2.75, 3.05) is 25.0 Å². The van der Waals surface area contributed by atoms with Crippen LogP contribution in [0.4, 0.5) is 10.5 Å². The summed E-state index contributed by atoms with van der Waals surface area (Å²) >= 11 is 0. The lowest BCUT2D eigenvalue weighted by Crippen LogP contribution is -2.41. The Labute approximate surface area is 141 Å². The molecule has 2 N–H and O–H groups in total. The monoisotopic (exact) mass is 326 g/mol. The van der Waals surface area contributed by atoms with Crippen LogP contribution >= 0.6 is 0 Å². The quantitative estimate of drug-likeness (QED) is 0.909. The number of anilines is 1. The lowest BCUT2D eigenvalue weighted by molar-refractivity contribution is 0.143. The Morgan fingerprint density at radius 3 is 2.58 bits per heavy atom. The zero-order valence-corrected chi connectivity index (χ0v) is 13.8. The van der Waals surface area contributed by atoms with Gasteiger partial charge in [-0.3, -0.25) is 0 Å². The SMILES string of the molecule is Cc1ccnc(-c2ccc(NC(=O)N3CCC(CO)CC3)cc2)n1. The van der Waals surface area contributed by atoms with Crippen molar-refractivity contribution in [3.8, 4) is 11.4 Å². The Balaban J connectivity index is 1.61. The molecule has 0 atom stereocenters. The number of aromatic nitrogens is 2. The van der Waals surface area contributed by atoms with Crippen molar-refractivity contribution in [2.24, 2.45) is 5.92 Å². The highest BCUT2D eigenvalue weighted by Crippen LogP contribution is 2.20. The molecule has 0 bridgehead atoms. The molecule has 0 radical (unpaired) electrons. The second-order valence-corrected chi connectivity index (χ2v) is 6.14. The molecule has 0 spiro atoms. The van der Waals surface area contributed by atoms with Gasteiger partial charge in [0.2, 0.25) is 0 Å². The minimum absolute atomic E-state index is 0.0917. The third kappa shape index (κ3) is 3.89. The number of carbonyl (C=O) groups excluding carboxylic acids is 1. The molecule has 2 amide bonds. The number of aliphatic hydroxyl groups excluding tert-OH is 1. The van der Waals surface area contributed by atoms with Crippen molar-refractivity contribution in [3.63, 3.8) is 0 Å². The van der Waals surface area contributed by atoms with E-state index in [4.69, 9.17) is 5.11 Å². The molecule has 6 heteroatoms. The lowest BCUT2D eigenvalue weighted by atomic mass is 9.98. The first kappa shape index (κ1) is 16.4. The van der Waals surface area contributed by atoms with E-state index in [0.29, 0.717) is 24.8 Å². The van der Waals surface area contributed by atoms with Crippen LogP contribution in [0.25, 0.3) is 11.4 Å². The highest BCUT2D eigenvalue weighted by Gasteiger charge is 2.22. The first-order chi connectivity index (χ1) is 11.7. The highest BCUT2D eigenvalue weighted by atomic mass is 16.3. The van der Waals surface area contributed by atoms with Crippen LogP contribution in [0.2, 0.25) is 0 Å². The van der Waals surface area contributed by atoms with Crippen LogP contribution < -0.4 is 5.32 Å².